The van der Waals surface area contributed by atoms with Gasteiger partial charge in [0.05, 0.1) is 34.9 Å². The number of benzene rings is 1. The number of amides is 2. The number of aromatic nitrogens is 4. The summed E-state index contributed by atoms with van der Waals surface area (Å²) < 4.78 is 12.7. The Bertz CT molecular complexity index is 1540. The van der Waals surface area contributed by atoms with Crippen LogP contribution in [0.15, 0.2) is 24.9 Å². The molecule has 1 aliphatic carbocycles. The maximum absolute atomic E-state index is 12.9. The summed E-state index contributed by atoms with van der Waals surface area (Å²) in [4.78, 5) is 31.3. The Kier molecular flexibility index (Phi) is 8.12. The van der Waals surface area contributed by atoms with Gasteiger partial charge in [-0.25, -0.2) is 4.79 Å². The second-order valence-corrected chi connectivity index (χ2v) is 12.3. The molecule has 0 atom stereocenters. The van der Waals surface area contributed by atoms with Gasteiger partial charge in [-0.3, -0.25) is 14.6 Å². The number of ether oxygens (including phenoxy) is 2. The van der Waals surface area contributed by atoms with Gasteiger partial charge in [0.15, 0.2) is 5.82 Å². The predicted molar refractivity (Wildman–Crippen MR) is 166 cm³/mol. The molecule has 2 saturated heterocycles. The Morgan fingerprint density at radius 3 is 2.58 bits per heavy atom. The Labute approximate surface area is 256 Å². The van der Waals surface area contributed by atoms with E-state index in [9.17, 15) is 9.59 Å². The van der Waals surface area contributed by atoms with Gasteiger partial charge in [0.25, 0.3) is 0 Å². The number of aryl methyl sites for hydroxylation is 1. The minimum Gasteiger partial charge on any atom is -0.447 e. The van der Waals surface area contributed by atoms with Crippen molar-refractivity contribution in [3.63, 3.8) is 0 Å². The summed E-state index contributed by atoms with van der Waals surface area (Å²) in [5.74, 6) is 0.862. The number of hydrogen-bond acceptors (Lipinski definition) is 7. The van der Waals surface area contributed by atoms with Gasteiger partial charge in [0, 0.05) is 62.0 Å². The van der Waals surface area contributed by atoms with E-state index in [1.165, 1.54) is 6.08 Å². The number of nitrogens with one attached hydrogen (secondary N) is 1. The fourth-order valence-electron chi connectivity index (χ4n) is 7.03. The van der Waals surface area contributed by atoms with E-state index in [0.717, 1.165) is 71.2 Å². The average molecular weight is 610 g/mol. The molecule has 0 unspecified atom stereocenters. The maximum atomic E-state index is 12.9. The molecular weight excluding hydrogens is 570 g/mol. The van der Waals surface area contributed by atoms with Crippen molar-refractivity contribution in [2.75, 3.05) is 57.9 Å². The molecule has 3 aromatic rings. The molecular formula is C31H40ClN7O4. The maximum Gasteiger partial charge on any atom is 0.409 e. The molecule has 3 fully saturated rings. The third-order valence-corrected chi connectivity index (χ3v) is 9.99. The Hall–Kier alpha value is -3.57. The monoisotopic (exact) mass is 609 g/mol. The predicted octanol–water partition coefficient (Wildman–Crippen LogP) is 4.87. The molecule has 0 radical (unpaired) electrons. The van der Waals surface area contributed by atoms with Crippen LogP contribution in [-0.2, 0) is 14.3 Å². The highest BCUT2D eigenvalue weighted by molar-refractivity contribution is 6.36. The van der Waals surface area contributed by atoms with Crippen molar-refractivity contribution in [3.05, 3.63) is 41.2 Å². The van der Waals surface area contributed by atoms with Crippen molar-refractivity contribution in [2.45, 2.75) is 57.5 Å². The number of halogens is 1. The number of likely N-dealkylation sites (tertiary alicyclic amines) is 1. The molecule has 1 saturated carbocycles. The molecule has 3 aliphatic rings. The topological polar surface area (TPSA) is 109 Å². The quantitative estimate of drug-likeness (QED) is 0.301. The molecule has 2 amide bonds. The lowest BCUT2D eigenvalue weighted by atomic mass is 9.73. The third-order valence-electron chi connectivity index (χ3n) is 9.51. The second-order valence-electron chi connectivity index (χ2n) is 12.0. The highest BCUT2D eigenvalue weighted by Crippen LogP contribution is 2.49. The average Bonchev–Trinajstić information content (AvgIpc) is 3.60. The van der Waals surface area contributed by atoms with E-state index >= 15 is 0 Å². The second kappa shape index (κ2) is 11.8. The normalized spacial score (nSPS) is 18.7. The molecule has 230 valence electrons. The highest BCUT2D eigenvalue weighted by atomic mass is 35.5. The summed E-state index contributed by atoms with van der Waals surface area (Å²) in [5, 5.41) is 14.5. The zero-order valence-corrected chi connectivity index (χ0v) is 26.0. The minimum absolute atomic E-state index is 0.0311. The van der Waals surface area contributed by atoms with Crippen molar-refractivity contribution < 1.29 is 19.1 Å². The van der Waals surface area contributed by atoms with Crippen LogP contribution in [0.1, 0.15) is 49.4 Å². The summed E-state index contributed by atoms with van der Waals surface area (Å²) >= 11 is 7.13. The molecule has 12 heteroatoms. The number of fused-ring (bicyclic) bond motifs is 1. The molecule has 2 aliphatic heterocycles. The Balaban J connectivity index is 1.41. The van der Waals surface area contributed by atoms with E-state index in [-0.39, 0.29) is 30.2 Å². The van der Waals surface area contributed by atoms with Crippen molar-refractivity contribution >= 4 is 40.3 Å². The lowest BCUT2D eigenvalue weighted by Gasteiger charge is -2.56. The van der Waals surface area contributed by atoms with E-state index in [1.807, 2.05) is 29.0 Å². The molecule has 1 N–H and O–H groups in total. The van der Waals surface area contributed by atoms with Crippen LogP contribution in [0.25, 0.3) is 22.0 Å². The van der Waals surface area contributed by atoms with Crippen LogP contribution in [0.3, 0.4) is 0 Å². The molecule has 0 bridgehead atoms. The van der Waals surface area contributed by atoms with Crippen LogP contribution in [-0.4, -0.2) is 100 Å². The summed E-state index contributed by atoms with van der Waals surface area (Å²) in [6.45, 7) is 11.4. The van der Waals surface area contributed by atoms with Gasteiger partial charge < -0.3 is 24.2 Å². The van der Waals surface area contributed by atoms with E-state index in [0.29, 0.717) is 44.4 Å². The first-order chi connectivity index (χ1) is 20.8. The lowest BCUT2D eigenvalue weighted by Crippen LogP contribution is -2.67. The summed E-state index contributed by atoms with van der Waals surface area (Å²) in [6, 6.07) is 2.17. The van der Waals surface area contributed by atoms with Gasteiger partial charge in [0.1, 0.15) is 6.61 Å². The van der Waals surface area contributed by atoms with E-state index < -0.39 is 0 Å². The fourth-order valence-corrected chi connectivity index (χ4v) is 7.28. The first-order valence-electron chi connectivity index (χ1n) is 15.1. The zero-order chi connectivity index (χ0) is 30.3. The van der Waals surface area contributed by atoms with Crippen molar-refractivity contribution in [1.82, 2.24) is 29.8 Å². The molecule has 1 aromatic carbocycles. The van der Waals surface area contributed by atoms with E-state index in [4.69, 9.17) is 26.2 Å². The number of hydrogen-bond donors (Lipinski definition) is 1. The fraction of sp³-hybridized carbons (Fsp3) is 0.548. The van der Waals surface area contributed by atoms with Crippen LogP contribution in [0.2, 0.25) is 5.02 Å². The minimum atomic E-state index is -0.299. The van der Waals surface area contributed by atoms with Crippen molar-refractivity contribution in [2.24, 2.45) is 0 Å². The van der Waals surface area contributed by atoms with Gasteiger partial charge in [-0.15, -0.1) is 0 Å². The molecule has 4 heterocycles. The number of nitrogens with zero attached hydrogens (tertiary/aromatic N) is 6. The number of methoxy groups -OCH3 is 1. The zero-order valence-electron chi connectivity index (χ0n) is 25.2. The van der Waals surface area contributed by atoms with Gasteiger partial charge >= 0.3 is 6.09 Å². The molecule has 11 nitrogen and oxygen atoms in total. The summed E-state index contributed by atoms with van der Waals surface area (Å²) in [6.07, 6.45) is 7.54. The van der Waals surface area contributed by atoms with Gasteiger partial charge in [-0.1, -0.05) is 18.2 Å². The first-order valence-corrected chi connectivity index (χ1v) is 15.5. The number of H-pyrrole nitrogens is 1. The highest BCUT2D eigenvalue weighted by Gasteiger charge is 2.49. The van der Waals surface area contributed by atoms with Crippen LogP contribution < -0.4 is 4.90 Å². The van der Waals surface area contributed by atoms with Crippen molar-refractivity contribution in [1.29, 1.82) is 0 Å². The number of carbonyl (C=O) groups is 2. The largest absolute Gasteiger partial charge is 0.447 e. The number of piperidine rings is 1. The molecule has 1 spiro atoms. The Morgan fingerprint density at radius 2 is 1.91 bits per heavy atom. The number of anilines is 1. The van der Waals surface area contributed by atoms with Crippen LogP contribution >= 0.6 is 11.6 Å². The van der Waals surface area contributed by atoms with E-state index in [1.54, 1.807) is 7.11 Å². The van der Waals surface area contributed by atoms with Crippen LogP contribution in [0, 0.1) is 13.8 Å². The SMILES string of the molecule is C=CC(=O)N1CCC(n2nc(N3CCN(C(=O)OCCOC)CC34CCC4)c(-c3c(Cl)c(C)cc4[nH]ncc34)c2C)CC1. The number of rotatable bonds is 7. The Morgan fingerprint density at radius 1 is 1.14 bits per heavy atom. The van der Waals surface area contributed by atoms with Crippen molar-refractivity contribution in [3.8, 4) is 11.1 Å². The molecule has 2 aromatic heterocycles. The number of carbonyl (C=O) groups excluding carboxylic acids is 2. The number of aromatic amines is 1. The van der Waals surface area contributed by atoms with Crippen LogP contribution in [0.5, 0.6) is 0 Å². The van der Waals surface area contributed by atoms with Gasteiger partial charge in [0.2, 0.25) is 5.91 Å². The number of piperazine rings is 1. The lowest BCUT2D eigenvalue weighted by molar-refractivity contribution is -0.127. The summed E-state index contributed by atoms with van der Waals surface area (Å²) in [7, 11) is 1.59. The standard InChI is InChI=1S/C31H40ClN7O4/c1-5-25(40)36-11-7-22(8-12-36)39-21(3)26(27-23-18-33-34-24(23)17-20(2)28(27)32)29(35-39)38-14-13-37(19-31(38)9-6-10-31)30(41)43-16-15-42-4/h5,17-18,22H,1,6-16,19H2,2-4H3,(H,33,34). The smallest absolute Gasteiger partial charge is 0.409 e. The molecule has 43 heavy (non-hydrogen) atoms. The van der Waals surface area contributed by atoms with Crippen LogP contribution in [0.4, 0.5) is 10.6 Å². The summed E-state index contributed by atoms with van der Waals surface area (Å²) in [5.41, 5.74) is 4.63. The third kappa shape index (κ3) is 5.16. The van der Waals surface area contributed by atoms with Gasteiger partial charge in [-0.2, -0.15) is 10.2 Å². The molecule has 6 rings (SSSR count). The van der Waals surface area contributed by atoms with E-state index in [2.05, 4.69) is 33.3 Å². The van der Waals surface area contributed by atoms with Gasteiger partial charge in [-0.05, 0) is 63.7 Å². The first kappa shape index (κ1) is 29.5.